The summed E-state index contributed by atoms with van der Waals surface area (Å²) in [5, 5.41) is 0. The number of nitrogens with zero attached hydrogens (tertiary/aromatic N) is 1. The molecule has 0 aromatic carbocycles. The highest BCUT2D eigenvalue weighted by Crippen LogP contribution is 2.05. The summed E-state index contributed by atoms with van der Waals surface area (Å²) in [6.07, 6.45) is 1.68. The van der Waals surface area contributed by atoms with Crippen LogP contribution in [0.1, 0.15) is 31.3 Å². The Morgan fingerprint density at radius 1 is 1.41 bits per heavy atom. The van der Waals surface area contributed by atoms with Crippen LogP contribution in [0.25, 0.3) is 0 Å². The number of aromatic nitrogens is 1. The molecule has 1 aromatic rings. The molecule has 1 heterocycles. The zero-order valence-electron chi connectivity index (χ0n) is 10.4. The molecule has 0 aliphatic carbocycles. The van der Waals surface area contributed by atoms with Crippen LogP contribution in [0.3, 0.4) is 0 Å². The average molecular weight is 237 g/mol. The number of hydrogen-bond donors (Lipinski definition) is 2. The van der Waals surface area contributed by atoms with Gasteiger partial charge >= 0.3 is 0 Å². The second kappa shape index (κ2) is 5.63. The summed E-state index contributed by atoms with van der Waals surface area (Å²) in [6.45, 7) is 5.40. The van der Waals surface area contributed by atoms with Crippen molar-refractivity contribution in [1.29, 1.82) is 0 Å². The third-order valence-corrected chi connectivity index (χ3v) is 2.51. The van der Waals surface area contributed by atoms with Crippen molar-refractivity contribution < 1.29 is 9.59 Å². The maximum Gasteiger partial charge on any atom is 0.239 e. The number of hydrogen-bond acceptors (Lipinski definition) is 3. The Hall–Kier alpha value is -1.62. The average Bonchev–Trinajstić information content (AvgIpc) is 2.77. The molecule has 5 nitrogen and oxygen atoms in total. The number of Topliss-reactive ketones (excluding diaryl/α,β-unsaturated/α-hetero) is 1. The zero-order chi connectivity index (χ0) is 13.0. The molecule has 0 aliphatic heterocycles. The molecular formula is C12H19N3O2. The van der Waals surface area contributed by atoms with Crippen molar-refractivity contribution in [3.8, 4) is 0 Å². The van der Waals surface area contributed by atoms with E-state index in [0.29, 0.717) is 5.69 Å². The van der Waals surface area contributed by atoms with E-state index in [4.69, 9.17) is 5.73 Å². The predicted molar refractivity (Wildman–Crippen MR) is 65.6 cm³/mol. The van der Waals surface area contributed by atoms with Gasteiger partial charge in [-0.15, -0.1) is 0 Å². The van der Waals surface area contributed by atoms with Crippen LogP contribution >= 0.6 is 0 Å². The lowest BCUT2D eigenvalue weighted by Crippen LogP contribution is -2.47. The highest BCUT2D eigenvalue weighted by atomic mass is 16.2. The van der Waals surface area contributed by atoms with Gasteiger partial charge in [0.05, 0.1) is 18.3 Å². The Balaban J connectivity index is 2.74. The largest absolute Gasteiger partial charge is 0.359 e. The standard InChI is InChI=1S/C12H19N3O2/c1-8(2)15(12(17)9(3)13)7-11(16)10-5-4-6-14-10/h4-6,8-9,14H,7,13H2,1-3H3. The van der Waals surface area contributed by atoms with Crippen LogP contribution in [0.5, 0.6) is 0 Å². The first kappa shape index (κ1) is 13.4. The predicted octanol–water partition coefficient (Wildman–Crippen LogP) is 0.782. The fraction of sp³-hybridized carbons (Fsp3) is 0.500. The van der Waals surface area contributed by atoms with Gasteiger partial charge in [0.2, 0.25) is 5.91 Å². The summed E-state index contributed by atoms with van der Waals surface area (Å²) in [4.78, 5) is 28.0. The van der Waals surface area contributed by atoms with E-state index in [1.807, 2.05) is 13.8 Å². The summed E-state index contributed by atoms with van der Waals surface area (Å²) in [5.74, 6) is -0.322. The monoisotopic (exact) mass is 237 g/mol. The number of carbonyl (C=O) groups is 2. The SMILES string of the molecule is CC(N)C(=O)N(CC(=O)c1ccc[nH]1)C(C)C. The number of amides is 1. The molecule has 1 rings (SSSR count). The maximum absolute atomic E-state index is 11.9. The molecule has 0 radical (unpaired) electrons. The van der Waals surface area contributed by atoms with E-state index in [9.17, 15) is 9.59 Å². The first-order valence-electron chi connectivity index (χ1n) is 5.66. The molecule has 0 fully saturated rings. The summed E-state index contributed by atoms with van der Waals surface area (Å²) in [6, 6.07) is 2.80. The molecule has 0 spiro atoms. The number of nitrogens with two attached hydrogens (primary N) is 1. The van der Waals surface area contributed by atoms with Crippen LogP contribution in [-0.2, 0) is 4.79 Å². The Bertz CT molecular complexity index is 382. The van der Waals surface area contributed by atoms with Crippen molar-refractivity contribution in [3.05, 3.63) is 24.0 Å². The summed E-state index contributed by atoms with van der Waals surface area (Å²) in [7, 11) is 0. The third kappa shape index (κ3) is 3.42. The number of H-pyrrole nitrogens is 1. The van der Waals surface area contributed by atoms with Crippen LogP contribution in [0.15, 0.2) is 18.3 Å². The van der Waals surface area contributed by atoms with E-state index in [-0.39, 0.29) is 24.3 Å². The van der Waals surface area contributed by atoms with E-state index in [0.717, 1.165) is 0 Å². The molecule has 1 aromatic heterocycles. The molecular weight excluding hydrogens is 218 g/mol. The summed E-state index contributed by atoms with van der Waals surface area (Å²) in [5.41, 5.74) is 6.07. The zero-order valence-corrected chi connectivity index (χ0v) is 10.4. The molecule has 0 saturated heterocycles. The lowest BCUT2D eigenvalue weighted by atomic mass is 10.2. The van der Waals surface area contributed by atoms with Crippen LogP contribution in [0.2, 0.25) is 0 Å². The Morgan fingerprint density at radius 3 is 2.47 bits per heavy atom. The molecule has 17 heavy (non-hydrogen) atoms. The highest BCUT2D eigenvalue weighted by Gasteiger charge is 2.23. The van der Waals surface area contributed by atoms with Gasteiger partial charge in [-0.25, -0.2) is 0 Å². The van der Waals surface area contributed by atoms with Crippen molar-refractivity contribution in [2.45, 2.75) is 32.9 Å². The van der Waals surface area contributed by atoms with Crippen molar-refractivity contribution in [1.82, 2.24) is 9.88 Å². The van der Waals surface area contributed by atoms with Crippen molar-refractivity contribution in [3.63, 3.8) is 0 Å². The van der Waals surface area contributed by atoms with Crippen molar-refractivity contribution in [2.75, 3.05) is 6.54 Å². The first-order chi connectivity index (χ1) is 7.93. The van der Waals surface area contributed by atoms with E-state index in [1.54, 1.807) is 25.3 Å². The van der Waals surface area contributed by atoms with Gasteiger partial charge in [0.1, 0.15) is 0 Å². The second-order valence-corrected chi connectivity index (χ2v) is 4.36. The number of carbonyl (C=O) groups excluding carboxylic acids is 2. The van der Waals surface area contributed by atoms with E-state index >= 15 is 0 Å². The minimum Gasteiger partial charge on any atom is -0.359 e. The van der Waals surface area contributed by atoms with Crippen LogP contribution in [-0.4, -0.2) is 40.2 Å². The van der Waals surface area contributed by atoms with Gasteiger partial charge in [0.15, 0.2) is 5.78 Å². The topological polar surface area (TPSA) is 79.2 Å². The summed E-state index contributed by atoms with van der Waals surface area (Å²) < 4.78 is 0. The maximum atomic E-state index is 11.9. The Morgan fingerprint density at radius 2 is 2.06 bits per heavy atom. The van der Waals surface area contributed by atoms with Gasteiger partial charge in [0.25, 0.3) is 0 Å². The highest BCUT2D eigenvalue weighted by molar-refractivity contribution is 5.98. The Kier molecular flexibility index (Phi) is 4.45. The number of rotatable bonds is 5. The fourth-order valence-electron chi connectivity index (χ4n) is 1.52. The number of aromatic amines is 1. The smallest absolute Gasteiger partial charge is 0.239 e. The fourth-order valence-corrected chi connectivity index (χ4v) is 1.52. The minimum absolute atomic E-state index is 0.0487. The van der Waals surface area contributed by atoms with Crippen LogP contribution in [0, 0.1) is 0 Å². The normalized spacial score (nSPS) is 12.5. The van der Waals surface area contributed by atoms with E-state index < -0.39 is 6.04 Å². The lowest BCUT2D eigenvalue weighted by molar-refractivity contribution is -0.133. The third-order valence-electron chi connectivity index (χ3n) is 2.51. The van der Waals surface area contributed by atoms with Gasteiger partial charge in [-0.05, 0) is 32.9 Å². The van der Waals surface area contributed by atoms with Crippen LogP contribution in [0.4, 0.5) is 0 Å². The van der Waals surface area contributed by atoms with Gasteiger partial charge < -0.3 is 15.6 Å². The first-order valence-corrected chi connectivity index (χ1v) is 5.66. The molecule has 5 heteroatoms. The molecule has 1 unspecified atom stereocenters. The number of ketones is 1. The molecule has 0 saturated carbocycles. The second-order valence-electron chi connectivity index (χ2n) is 4.36. The van der Waals surface area contributed by atoms with Gasteiger partial charge in [-0.2, -0.15) is 0 Å². The van der Waals surface area contributed by atoms with Crippen LogP contribution < -0.4 is 5.73 Å². The Labute approximate surface area is 101 Å². The number of nitrogens with one attached hydrogen (secondary N) is 1. The quantitative estimate of drug-likeness (QED) is 0.743. The molecule has 3 N–H and O–H groups in total. The molecule has 94 valence electrons. The van der Waals surface area contributed by atoms with Crippen molar-refractivity contribution in [2.24, 2.45) is 5.73 Å². The van der Waals surface area contributed by atoms with E-state index in [2.05, 4.69) is 4.98 Å². The minimum atomic E-state index is -0.589. The lowest BCUT2D eigenvalue weighted by Gasteiger charge is -2.27. The van der Waals surface area contributed by atoms with E-state index in [1.165, 1.54) is 4.90 Å². The summed E-state index contributed by atoms with van der Waals surface area (Å²) >= 11 is 0. The van der Waals surface area contributed by atoms with Crippen molar-refractivity contribution >= 4 is 11.7 Å². The van der Waals surface area contributed by atoms with Gasteiger partial charge in [-0.1, -0.05) is 0 Å². The molecule has 0 aliphatic rings. The molecule has 1 atom stereocenters. The molecule has 1 amide bonds. The van der Waals surface area contributed by atoms with Gasteiger partial charge in [0, 0.05) is 12.2 Å². The molecule has 0 bridgehead atoms. The van der Waals surface area contributed by atoms with Gasteiger partial charge in [-0.3, -0.25) is 9.59 Å².